The number of nitrogens with zero attached hydrogens (tertiary/aromatic N) is 4. The highest BCUT2D eigenvalue weighted by molar-refractivity contribution is 5.88. The topological polar surface area (TPSA) is 81.4 Å². The maximum absolute atomic E-state index is 12.0. The van der Waals surface area contributed by atoms with Crippen LogP contribution in [-0.2, 0) is 9.53 Å². The number of rotatable bonds is 3. The Balaban J connectivity index is 1.93. The first-order valence-electron chi connectivity index (χ1n) is 7.62. The van der Waals surface area contributed by atoms with Crippen molar-refractivity contribution in [2.45, 2.75) is 33.6 Å². The monoisotopic (exact) mass is 304 g/mol. The van der Waals surface area contributed by atoms with Gasteiger partial charge < -0.3 is 14.2 Å². The van der Waals surface area contributed by atoms with E-state index in [1.54, 1.807) is 0 Å². The Morgan fingerprint density at radius 1 is 1.41 bits per heavy atom. The van der Waals surface area contributed by atoms with Gasteiger partial charge in [-0.15, -0.1) is 0 Å². The summed E-state index contributed by atoms with van der Waals surface area (Å²) in [5.41, 5.74) is 1.27. The van der Waals surface area contributed by atoms with Crippen LogP contribution in [0.1, 0.15) is 31.3 Å². The van der Waals surface area contributed by atoms with E-state index < -0.39 is 0 Å². The van der Waals surface area contributed by atoms with Crippen molar-refractivity contribution in [2.75, 3.05) is 24.6 Å². The molecule has 1 unspecified atom stereocenters. The van der Waals surface area contributed by atoms with E-state index in [4.69, 9.17) is 9.26 Å². The first-order chi connectivity index (χ1) is 10.6. The fourth-order valence-electron chi connectivity index (χ4n) is 2.92. The third-order valence-corrected chi connectivity index (χ3v) is 3.94. The molecular formula is C15H20N4O3. The van der Waals surface area contributed by atoms with E-state index in [0.29, 0.717) is 24.7 Å². The predicted molar refractivity (Wildman–Crippen MR) is 80.6 cm³/mol. The van der Waals surface area contributed by atoms with Crippen molar-refractivity contribution >= 4 is 22.9 Å². The van der Waals surface area contributed by atoms with Gasteiger partial charge >= 0.3 is 5.97 Å². The van der Waals surface area contributed by atoms with Gasteiger partial charge in [0.15, 0.2) is 0 Å². The minimum absolute atomic E-state index is 0.112. The Bertz CT molecular complexity index is 697. The van der Waals surface area contributed by atoms with Crippen LogP contribution < -0.4 is 4.90 Å². The first kappa shape index (κ1) is 14.7. The van der Waals surface area contributed by atoms with Crippen LogP contribution in [0.25, 0.3) is 11.1 Å². The highest BCUT2D eigenvalue weighted by atomic mass is 16.5. The van der Waals surface area contributed by atoms with Crippen molar-refractivity contribution < 1.29 is 14.1 Å². The molecule has 1 fully saturated rings. The number of carbonyl (C=O) groups is 1. The van der Waals surface area contributed by atoms with Crippen molar-refractivity contribution in [3.63, 3.8) is 0 Å². The van der Waals surface area contributed by atoms with Gasteiger partial charge in [0.05, 0.1) is 18.2 Å². The molecule has 0 spiro atoms. The van der Waals surface area contributed by atoms with Crippen LogP contribution in [0.2, 0.25) is 0 Å². The number of esters is 1. The van der Waals surface area contributed by atoms with Crippen LogP contribution in [0.3, 0.4) is 0 Å². The van der Waals surface area contributed by atoms with Crippen molar-refractivity contribution in [1.82, 2.24) is 15.1 Å². The molecule has 7 heteroatoms. The van der Waals surface area contributed by atoms with E-state index in [2.05, 4.69) is 20.0 Å². The number of aromatic nitrogens is 3. The van der Waals surface area contributed by atoms with E-state index in [1.807, 2.05) is 20.8 Å². The highest BCUT2D eigenvalue weighted by Crippen LogP contribution is 2.30. The first-order valence-corrected chi connectivity index (χ1v) is 7.62. The van der Waals surface area contributed by atoms with Gasteiger partial charge in [0.1, 0.15) is 17.0 Å². The average molecular weight is 304 g/mol. The summed E-state index contributed by atoms with van der Waals surface area (Å²) in [5, 5.41) is 4.81. The molecule has 7 nitrogen and oxygen atoms in total. The zero-order chi connectivity index (χ0) is 15.7. The number of aryl methyl sites for hydroxylation is 2. The molecular weight excluding hydrogens is 284 g/mol. The van der Waals surface area contributed by atoms with Crippen LogP contribution in [0.4, 0.5) is 5.82 Å². The third-order valence-electron chi connectivity index (χ3n) is 3.94. The highest BCUT2D eigenvalue weighted by Gasteiger charge is 2.29. The van der Waals surface area contributed by atoms with E-state index in [1.165, 1.54) is 0 Å². The maximum atomic E-state index is 12.0. The molecule has 0 radical (unpaired) electrons. The van der Waals surface area contributed by atoms with Crippen LogP contribution >= 0.6 is 0 Å². The van der Waals surface area contributed by atoms with Gasteiger partial charge in [0, 0.05) is 13.1 Å². The average Bonchev–Trinajstić information content (AvgIpc) is 2.88. The van der Waals surface area contributed by atoms with Crippen LogP contribution in [-0.4, -0.2) is 40.8 Å². The molecule has 1 saturated heterocycles. The van der Waals surface area contributed by atoms with Crippen molar-refractivity contribution in [1.29, 1.82) is 0 Å². The predicted octanol–water partition coefficient (Wildman–Crippen LogP) is 2.01. The Morgan fingerprint density at radius 2 is 2.23 bits per heavy atom. The van der Waals surface area contributed by atoms with Gasteiger partial charge in [-0.3, -0.25) is 4.79 Å². The molecule has 1 aliphatic heterocycles. The number of carbonyl (C=O) groups excluding carboxylic acids is 1. The molecule has 3 rings (SSSR count). The summed E-state index contributed by atoms with van der Waals surface area (Å²) in [5.74, 6) is 1.20. The maximum Gasteiger partial charge on any atom is 0.310 e. The molecule has 0 aromatic carbocycles. The molecule has 22 heavy (non-hydrogen) atoms. The lowest BCUT2D eigenvalue weighted by Crippen LogP contribution is -2.40. The van der Waals surface area contributed by atoms with Gasteiger partial charge in [0.2, 0.25) is 0 Å². The number of anilines is 1. The minimum Gasteiger partial charge on any atom is -0.466 e. The van der Waals surface area contributed by atoms with E-state index in [0.717, 1.165) is 36.3 Å². The fraction of sp³-hybridized carbons (Fsp3) is 0.600. The summed E-state index contributed by atoms with van der Waals surface area (Å²) in [6, 6.07) is 0. The van der Waals surface area contributed by atoms with Crippen LogP contribution in [0.15, 0.2) is 4.52 Å². The molecule has 0 saturated carbocycles. The largest absolute Gasteiger partial charge is 0.466 e. The Kier molecular flexibility index (Phi) is 3.96. The summed E-state index contributed by atoms with van der Waals surface area (Å²) in [6.07, 6.45) is 1.78. The lowest BCUT2D eigenvalue weighted by atomic mass is 9.98. The molecule has 1 atom stereocenters. The Labute approximate surface area is 128 Å². The molecule has 0 N–H and O–H groups in total. The van der Waals surface area contributed by atoms with Gasteiger partial charge in [-0.1, -0.05) is 5.16 Å². The smallest absolute Gasteiger partial charge is 0.310 e. The summed E-state index contributed by atoms with van der Waals surface area (Å²) in [7, 11) is 0. The molecule has 1 aliphatic rings. The fourth-order valence-corrected chi connectivity index (χ4v) is 2.92. The minimum atomic E-state index is -0.128. The SMILES string of the molecule is CCOC(=O)C1CCCN(c2nc(C)nc3onc(C)c23)C1. The number of hydrogen-bond donors (Lipinski definition) is 0. The number of fused-ring (bicyclic) bond motifs is 1. The quantitative estimate of drug-likeness (QED) is 0.802. The lowest BCUT2D eigenvalue weighted by Gasteiger charge is -2.32. The Hall–Kier alpha value is -2.18. The van der Waals surface area contributed by atoms with Crippen molar-refractivity contribution in [3.05, 3.63) is 11.5 Å². The Morgan fingerprint density at radius 3 is 3.00 bits per heavy atom. The van der Waals surface area contributed by atoms with Crippen molar-refractivity contribution in [3.8, 4) is 0 Å². The van der Waals surface area contributed by atoms with Gasteiger partial charge in [-0.05, 0) is 33.6 Å². The van der Waals surface area contributed by atoms with Crippen LogP contribution in [0, 0.1) is 19.8 Å². The normalized spacial score (nSPS) is 18.7. The number of hydrogen-bond acceptors (Lipinski definition) is 7. The van der Waals surface area contributed by atoms with Crippen LogP contribution in [0.5, 0.6) is 0 Å². The van der Waals surface area contributed by atoms with E-state index in [-0.39, 0.29) is 11.9 Å². The van der Waals surface area contributed by atoms with Gasteiger partial charge in [0.25, 0.3) is 5.71 Å². The second kappa shape index (κ2) is 5.90. The van der Waals surface area contributed by atoms with Gasteiger partial charge in [-0.2, -0.15) is 4.98 Å². The summed E-state index contributed by atoms with van der Waals surface area (Å²) < 4.78 is 10.4. The van der Waals surface area contributed by atoms with Crippen molar-refractivity contribution in [2.24, 2.45) is 5.92 Å². The molecule has 0 aliphatic carbocycles. The third kappa shape index (κ3) is 2.63. The molecule has 118 valence electrons. The second-order valence-electron chi connectivity index (χ2n) is 5.58. The summed E-state index contributed by atoms with van der Waals surface area (Å²) >= 11 is 0. The summed E-state index contributed by atoms with van der Waals surface area (Å²) in [4.78, 5) is 23.0. The van der Waals surface area contributed by atoms with Gasteiger partial charge in [-0.25, -0.2) is 4.98 Å². The van der Waals surface area contributed by atoms with E-state index in [9.17, 15) is 4.79 Å². The number of piperidine rings is 1. The zero-order valence-electron chi connectivity index (χ0n) is 13.1. The molecule has 2 aromatic heterocycles. The lowest BCUT2D eigenvalue weighted by molar-refractivity contribution is -0.148. The standard InChI is InChI=1S/C15H20N4O3/c1-4-21-15(20)11-6-5-7-19(8-11)13-12-9(2)18-22-14(12)17-10(3)16-13/h11H,4-8H2,1-3H3. The number of ether oxygens (including phenoxy) is 1. The molecule has 2 aromatic rings. The zero-order valence-corrected chi connectivity index (χ0v) is 13.1. The molecule has 3 heterocycles. The van der Waals surface area contributed by atoms with E-state index >= 15 is 0 Å². The second-order valence-corrected chi connectivity index (χ2v) is 5.58. The molecule has 0 bridgehead atoms. The summed E-state index contributed by atoms with van der Waals surface area (Å²) in [6.45, 7) is 7.41. The molecule has 0 amide bonds.